The van der Waals surface area contributed by atoms with Gasteiger partial charge in [0.25, 0.3) is 0 Å². The molecule has 0 spiro atoms. The molecule has 0 bridgehead atoms. The van der Waals surface area contributed by atoms with Crippen molar-refractivity contribution in [3.05, 3.63) is 21.4 Å². The predicted octanol–water partition coefficient (Wildman–Crippen LogP) is 4.13. The molecule has 0 saturated heterocycles. The molecule has 1 fully saturated rings. The fourth-order valence-corrected chi connectivity index (χ4v) is 3.89. The first kappa shape index (κ1) is 14.2. The summed E-state index contributed by atoms with van der Waals surface area (Å²) in [6.45, 7) is 7.94. The van der Waals surface area contributed by atoms with Crippen molar-refractivity contribution in [1.82, 2.24) is 5.32 Å². The molecule has 1 saturated carbocycles. The van der Waals surface area contributed by atoms with Crippen LogP contribution in [0.3, 0.4) is 0 Å². The molecule has 1 N–H and O–H groups in total. The van der Waals surface area contributed by atoms with Crippen LogP contribution in [0.5, 0.6) is 0 Å². The first-order valence-electron chi connectivity index (χ1n) is 5.93. The van der Waals surface area contributed by atoms with Crippen LogP contribution in [-0.2, 0) is 4.79 Å². The van der Waals surface area contributed by atoms with Gasteiger partial charge in [0.1, 0.15) is 4.33 Å². The lowest BCUT2D eigenvalue weighted by Gasteiger charge is -2.18. The highest BCUT2D eigenvalue weighted by Gasteiger charge is 2.67. The molecule has 18 heavy (non-hydrogen) atoms. The standard InChI is InChI=1S/C13H17Cl2NOS/c1-7-5-10(9(3)18-7)8(2)16-11(17)12(4)6-13(12,14)15/h5,8H,6H2,1-4H3,(H,16,17)/t8-,12+/m1/s1. The molecule has 1 heterocycles. The van der Waals surface area contributed by atoms with E-state index in [2.05, 4.69) is 25.2 Å². The zero-order valence-electron chi connectivity index (χ0n) is 10.9. The lowest BCUT2D eigenvalue weighted by molar-refractivity contribution is -0.126. The van der Waals surface area contributed by atoms with Crippen LogP contribution in [0.25, 0.3) is 0 Å². The van der Waals surface area contributed by atoms with Crippen molar-refractivity contribution in [3.8, 4) is 0 Å². The molecule has 1 aromatic rings. The Morgan fingerprint density at radius 1 is 1.50 bits per heavy atom. The molecule has 0 aromatic carbocycles. The van der Waals surface area contributed by atoms with E-state index in [1.807, 2.05) is 6.92 Å². The predicted molar refractivity (Wildman–Crippen MR) is 77.5 cm³/mol. The Labute approximate surface area is 122 Å². The summed E-state index contributed by atoms with van der Waals surface area (Å²) < 4.78 is -0.906. The molecular weight excluding hydrogens is 289 g/mol. The molecule has 100 valence electrons. The molecule has 1 aliphatic rings. The summed E-state index contributed by atoms with van der Waals surface area (Å²) in [5.41, 5.74) is 0.522. The highest BCUT2D eigenvalue weighted by Crippen LogP contribution is 2.63. The molecule has 1 amide bonds. The van der Waals surface area contributed by atoms with E-state index in [0.717, 1.165) is 0 Å². The number of hydrogen-bond donors (Lipinski definition) is 1. The van der Waals surface area contributed by atoms with E-state index in [9.17, 15) is 4.79 Å². The minimum absolute atomic E-state index is 0.0102. The van der Waals surface area contributed by atoms with E-state index >= 15 is 0 Å². The van der Waals surface area contributed by atoms with E-state index in [0.29, 0.717) is 6.42 Å². The number of amides is 1. The maximum Gasteiger partial charge on any atom is 0.229 e. The second kappa shape index (κ2) is 4.39. The van der Waals surface area contributed by atoms with Crippen molar-refractivity contribution in [1.29, 1.82) is 0 Å². The molecule has 2 rings (SSSR count). The SMILES string of the molecule is Cc1cc([C@@H](C)NC(=O)[C@]2(C)CC2(Cl)Cl)c(C)s1. The third kappa shape index (κ3) is 2.28. The zero-order chi connectivity index (χ0) is 13.7. The molecule has 1 aromatic heterocycles. The van der Waals surface area contributed by atoms with Gasteiger partial charge in [-0.25, -0.2) is 0 Å². The van der Waals surface area contributed by atoms with Crippen molar-refractivity contribution in [2.45, 2.75) is 44.5 Å². The maximum atomic E-state index is 12.2. The molecule has 2 nitrogen and oxygen atoms in total. The zero-order valence-corrected chi connectivity index (χ0v) is 13.3. The number of carbonyl (C=O) groups is 1. The van der Waals surface area contributed by atoms with E-state index in [4.69, 9.17) is 23.2 Å². The summed E-state index contributed by atoms with van der Waals surface area (Å²) in [6.07, 6.45) is 0.517. The van der Waals surface area contributed by atoms with E-state index < -0.39 is 9.75 Å². The second-order valence-electron chi connectivity index (χ2n) is 5.28. The minimum atomic E-state index is -0.906. The molecule has 0 aliphatic heterocycles. The number of thiophene rings is 1. The van der Waals surface area contributed by atoms with Gasteiger partial charge < -0.3 is 5.32 Å². The van der Waals surface area contributed by atoms with Gasteiger partial charge in [0.2, 0.25) is 5.91 Å². The van der Waals surface area contributed by atoms with E-state index in [-0.39, 0.29) is 11.9 Å². The van der Waals surface area contributed by atoms with Crippen molar-refractivity contribution in [2.75, 3.05) is 0 Å². The lowest BCUT2D eigenvalue weighted by atomic mass is 10.1. The first-order chi connectivity index (χ1) is 8.17. The molecule has 0 unspecified atom stereocenters. The number of hydrogen-bond acceptors (Lipinski definition) is 2. The van der Waals surface area contributed by atoms with Gasteiger partial charge in [-0.05, 0) is 45.7 Å². The second-order valence-corrected chi connectivity index (χ2v) is 8.22. The average molecular weight is 306 g/mol. The number of halogens is 2. The van der Waals surface area contributed by atoms with Gasteiger partial charge >= 0.3 is 0 Å². The van der Waals surface area contributed by atoms with Crippen LogP contribution in [0.2, 0.25) is 0 Å². The Morgan fingerprint density at radius 3 is 2.44 bits per heavy atom. The quantitative estimate of drug-likeness (QED) is 0.836. The highest BCUT2D eigenvalue weighted by atomic mass is 35.5. The monoisotopic (exact) mass is 305 g/mol. The van der Waals surface area contributed by atoms with Gasteiger partial charge in [0, 0.05) is 9.75 Å². The fraction of sp³-hybridized carbons (Fsp3) is 0.615. The summed E-state index contributed by atoms with van der Waals surface area (Å²) in [4.78, 5) is 14.7. The lowest BCUT2D eigenvalue weighted by Crippen LogP contribution is -2.35. The fourth-order valence-electron chi connectivity index (χ4n) is 2.16. The Kier molecular flexibility index (Phi) is 3.46. The molecule has 2 atom stereocenters. The number of rotatable bonds is 3. The topological polar surface area (TPSA) is 29.1 Å². The normalized spacial score (nSPS) is 26.8. The first-order valence-corrected chi connectivity index (χ1v) is 7.50. The molecule has 1 aliphatic carbocycles. The van der Waals surface area contributed by atoms with Gasteiger partial charge in [0.15, 0.2) is 0 Å². The third-order valence-corrected chi connectivity index (χ3v) is 5.74. The average Bonchev–Trinajstić information content (AvgIpc) is 2.59. The number of alkyl halides is 2. The summed E-state index contributed by atoms with van der Waals surface area (Å²) in [7, 11) is 0. The Balaban J connectivity index is 2.07. The van der Waals surface area contributed by atoms with E-state index in [1.165, 1.54) is 15.3 Å². The summed E-state index contributed by atoms with van der Waals surface area (Å²) in [5.74, 6) is -0.0664. The Morgan fingerprint density at radius 2 is 2.06 bits per heavy atom. The van der Waals surface area contributed by atoms with Crippen LogP contribution in [0.1, 0.15) is 41.6 Å². The van der Waals surface area contributed by atoms with Crippen LogP contribution in [-0.4, -0.2) is 10.2 Å². The van der Waals surface area contributed by atoms with Crippen LogP contribution >= 0.6 is 34.5 Å². The maximum absolute atomic E-state index is 12.2. The summed E-state index contributed by atoms with van der Waals surface area (Å²) in [6, 6.07) is 2.11. The van der Waals surface area contributed by atoms with E-state index in [1.54, 1.807) is 18.3 Å². The minimum Gasteiger partial charge on any atom is -0.349 e. The van der Waals surface area contributed by atoms with Crippen molar-refractivity contribution in [3.63, 3.8) is 0 Å². The molecular formula is C13H17Cl2NOS. The van der Waals surface area contributed by atoms with Gasteiger partial charge in [-0.2, -0.15) is 0 Å². The van der Waals surface area contributed by atoms with Gasteiger partial charge in [-0.1, -0.05) is 0 Å². The molecule has 5 heteroatoms. The van der Waals surface area contributed by atoms with Gasteiger partial charge in [-0.15, -0.1) is 34.5 Å². The van der Waals surface area contributed by atoms with Gasteiger partial charge in [-0.3, -0.25) is 4.79 Å². The highest BCUT2D eigenvalue weighted by molar-refractivity contribution is 7.12. The third-order valence-electron chi connectivity index (χ3n) is 3.65. The van der Waals surface area contributed by atoms with Crippen molar-refractivity contribution in [2.24, 2.45) is 5.41 Å². The van der Waals surface area contributed by atoms with Crippen LogP contribution in [0, 0.1) is 19.3 Å². The van der Waals surface area contributed by atoms with Crippen molar-refractivity contribution >= 4 is 40.4 Å². The Hall–Kier alpha value is -0.250. The van der Waals surface area contributed by atoms with Crippen LogP contribution < -0.4 is 5.32 Å². The Bertz CT molecular complexity index is 497. The van der Waals surface area contributed by atoms with Crippen LogP contribution in [0.15, 0.2) is 6.07 Å². The molecule has 0 radical (unpaired) electrons. The number of nitrogens with one attached hydrogen (secondary N) is 1. The summed E-state index contributed by atoms with van der Waals surface area (Å²) >= 11 is 13.8. The largest absolute Gasteiger partial charge is 0.349 e. The van der Waals surface area contributed by atoms with Crippen molar-refractivity contribution < 1.29 is 4.79 Å². The smallest absolute Gasteiger partial charge is 0.229 e. The van der Waals surface area contributed by atoms with Gasteiger partial charge in [0.05, 0.1) is 11.5 Å². The number of carbonyl (C=O) groups excluding carboxylic acids is 1. The summed E-state index contributed by atoms with van der Waals surface area (Å²) in [5, 5.41) is 3.01. The number of aryl methyl sites for hydroxylation is 2. The van der Waals surface area contributed by atoms with Crippen LogP contribution in [0.4, 0.5) is 0 Å².